The predicted octanol–water partition coefficient (Wildman–Crippen LogP) is -0.721. The third-order valence-electron chi connectivity index (χ3n) is 7.27. The van der Waals surface area contributed by atoms with Crippen molar-refractivity contribution in [2.24, 2.45) is 17.6 Å². The van der Waals surface area contributed by atoms with E-state index in [9.17, 15) is 42.8 Å². The summed E-state index contributed by atoms with van der Waals surface area (Å²) in [5, 5.41) is 19.2. The zero-order valence-corrected chi connectivity index (χ0v) is 28.4. The highest BCUT2D eigenvalue weighted by Crippen LogP contribution is 2.44. The van der Waals surface area contributed by atoms with E-state index in [-0.39, 0.29) is 31.7 Å². The number of carboxylic acids is 1. The Morgan fingerprint density at radius 2 is 1.57 bits per heavy atom. The van der Waals surface area contributed by atoms with Gasteiger partial charge in [-0.15, -0.1) is 0 Å². The summed E-state index contributed by atoms with van der Waals surface area (Å²) < 4.78 is 25.6. The first-order chi connectivity index (χ1) is 21.3. The van der Waals surface area contributed by atoms with E-state index in [1.165, 1.54) is 16.7 Å². The van der Waals surface area contributed by atoms with Crippen LogP contribution in [-0.2, 0) is 33.3 Å². The molecule has 9 N–H and O–H groups in total. The fraction of sp³-hybridized carbons (Fsp3) is 0.778. The molecule has 19 heteroatoms. The number of carboxylic acid groups (broad SMARTS) is 1. The van der Waals surface area contributed by atoms with Gasteiger partial charge >= 0.3 is 13.6 Å². The molecule has 0 aromatic carbocycles. The second-order valence-corrected chi connectivity index (χ2v) is 14.6. The van der Waals surface area contributed by atoms with Crippen LogP contribution in [-0.4, -0.2) is 117 Å². The first-order valence-corrected chi connectivity index (χ1v) is 18.0. The largest absolute Gasteiger partial charge is 0.480 e. The van der Waals surface area contributed by atoms with Crippen molar-refractivity contribution in [3.05, 3.63) is 0 Å². The Hall–Kier alpha value is -2.79. The molecule has 16 nitrogen and oxygen atoms in total. The van der Waals surface area contributed by atoms with Crippen LogP contribution >= 0.6 is 19.4 Å². The number of nitrogens with zero attached hydrogens (tertiary/aromatic N) is 1. The summed E-state index contributed by atoms with van der Waals surface area (Å²) in [4.78, 5) is 96.5. The van der Waals surface area contributed by atoms with E-state index in [1.54, 1.807) is 20.1 Å². The van der Waals surface area contributed by atoms with Gasteiger partial charge in [0.2, 0.25) is 35.4 Å². The Labute approximate surface area is 272 Å². The summed E-state index contributed by atoms with van der Waals surface area (Å²) in [6, 6.07) is -6.32. The molecular weight excluding hydrogens is 650 g/mol. The van der Waals surface area contributed by atoms with Gasteiger partial charge in [-0.25, -0.2) is 9.18 Å². The van der Waals surface area contributed by atoms with Gasteiger partial charge in [0.25, 0.3) is 0 Å². The normalized spacial score (nSPS) is 18.3. The zero-order valence-electron chi connectivity index (χ0n) is 26.7. The monoisotopic (exact) mass is 698 g/mol. The van der Waals surface area contributed by atoms with E-state index in [0.717, 1.165) is 0 Å². The van der Waals surface area contributed by atoms with Crippen molar-refractivity contribution in [3.63, 3.8) is 0 Å². The number of carbonyl (C=O) groups excluding carboxylic acids is 5. The fourth-order valence-electron chi connectivity index (χ4n) is 4.80. The number of halogens is 1. The van der Waals surface area contributed by atoms with Gasteiger partial charge in [-0.2, -0.15) is 11.8 Å². The lowest BCUT2D eigenvalue weighted by molar-refractivity contribution is -0.144. The van der Waals surface area contributed by atoms with E-state index in [4.69, 9.17) is 15.5 Å². The molecule has 0 aromatic heterocycles. The van der Waals surface area contributed by atoms with Crippen LogP contribution in [0.5, 0.6) is 0 Å². The topological polar surface area (TPSA) is 258 Å². The molecule has 0 aliphatic carbocycles. The van der Waals surface area contributed by atoms with Crippen molar-refractivity contribution in [2.75, 3.05) is 25.1 Å². The van der Waals surface area contributed by atoms with Gasteiger partial charge in [-0.05, 0) is 49.5 Å². The van der Waals surface area contributed by atoms with Crippen LogP contribution in [0.15, 0.2) is 0 Å². The van der Waals surface area contributed by atoms with Crippen molar-refractivity contribution in [3.8, 4) is 0 Å². The Morgan fingerprint density at radius 3 is 2.07 bits per heavy atom. The summed E-state index contributed by atoms with van der Waals surface area (Å²) in [6.07, 6.45) is 1.74. The van der Waals surface area contributed by atoms with Crippen molar-refractivity contribution in [1.82, 2.24) is 26.2 Å². The Balaban J connectivity index is 3.16. The van der Waals surface area contributed by atoms with Gasteiger partial charge in [0.15, 0.2) is 0 Å². The third kappa shape index (κ3) is 13.1. The number of alkyl halides is 1. The van der Waals surface area contributed by atoms with Crippen LogP contribution in [0.25, 0.3) is 0 Å². The quantitative estimate of drug-likeness (QED) is 0.0778. The lowest BCUT2D eigenvalue weighted by atomic mass is 10.0. The Morgan fingerprint density at radius 1 is 0.957 bits per heavy atom. The number of likely N-dealkylation sites (tertiary alicyclic amines) is 1. The lowest BCUT2D eigenvalue weighted by Crippen LogP contribution is -2.60. The molecule has 0 aromatic rings. The minimum Gasteiger partial charge on any atom is -0.480 e. The lowest BCUT2D eigenvalue weighted by Gasteiger charge is -2.32. The number of nitrogens with two attached hydrogens (primary N) is 1. The standard InChI is InChI=1S/C27H48FN6O10PS/c1-14(2)11-18(27(40)41)32-23(36)16(8-10-46-5)31-25(38)19-7-6-9-34(19)26(39)22(15(3)4)33-24(37)17(30-21(35)13-29)12-20(28)45(42,43)44/h14-20,22H,6-13,29H2,1-5H3,(H,30,35)(H,31,38)(H,32,36)(H,33,37)(H,40,41)(H2,42,43,44)/t16-,17-,18-,19-,20?,22-/m0/s1. The van der Waals surface area contributed by atoms with E-state index in [1.807, 2.05) is 13.8 Å². The third-order valence-corrected chi connectivity index (χ3v) is 8.85. The number of hydrogen-bond acceptors (Lipinski definition) is 9. The maximum Gasteiger partial charge on any atom is 0.359 e. The summed E-state index contributed by atoms with van der Waals surface area (Å²) in [6.45, 7) is 6.33. The number of nitrogens with one attached hydrogen (secondary N) is 4. The maximum absolute atomic E-state index is 14.2. The number of aliphatic carboxylic acids is 1. The van der Waals surface area contributed by atoms with Crippen LogP contribution in [0.1, 0.15) is 59.8 Å². The molecule has 46 heavy (non-hydrogen) atoms. The molecule has 0 bridgehead atoms. The number of thioether (sulfide) groups is 1. The number of rotatable bonds is 19. The summed E-state index contributed by atoms with van der Waals surface area (Å²) in [5.74, 6) is -8.11. The molecule has 0 saturated carbocycles. The van der Waals surface area contributed by atoms with Crippen LogP contribution in [0.3, 0.4) is 0 Å². The summed E-state index contributed by atoms with van der Waals surface area (Å²) >= 11 is 1.42. The molecule has 1 aliphatic rings. The highest BCUT2D eigenvalue weighted by Gasteiger charge is 2.41. The van der Waals surface area contributed by atoms with E-state index >= 15 is 0 Å². The van der Waals surface area contributed by atoms with Gasteiger partial charge in [-0.3, -0.25) is 28.5 Å². The van der Waals surface area contributed by atoms with Crippen molar-refractivity contribution < 1.29 is 52.6 Å². The van der Waals surface area contributed by atoms with Gasteiger partial charge in [0, 0.05) is 13.0 Å². The molecule has 1 heterocycles. The number of hydrogen-bond donors (Lipinski definition) is 8. The zero-order chi connectivity index (χ0) is 35.4. The van der Waals surface area contributed by atoms with Crippen LogP contribution in [0.2, 0.25) is 0 Å². The summed E-state index contributed by atoms with van der Waals surface area (Å²) in [5.41, 5.74) is 5.25. The van der Waals surface area contributed by atoms with E-state index < -0.39 is 98.1 Å². The van der Waals surface area contributed by atoms with Crippen molar-refractivity contribution in [2.45, 2.75) is 95.9 Å². The second kappa shape index (κ2) is 19.1. The van der Waals surface area contributed by atoms with E-state index in [0.29, 0.717) is 12.2 Å². The molecule has 1 aliphatic heterocycles. The molecular formula is C27H48FN6O10PS. The van der Waals surface area contributed by atoms with Crippen molar-refractivity contribution >= 4 is 54.9 Å². The minimum absolute atomic E-state index is 0.0234. The highest BCUT2D eigenvalue weighted by molar-refractivity contribution is 7.98. The number of amides is 5. The first-order valence-electron chi connectivity index (χ1n) is 15.0. The van der Waals surface area contributed by atoms with Crippen LogP contribution in [0.4, 0.5) is 4.39 Å². The summed E-state index contributed by atoms with van der Waals surface area (Å²) in [7, 11) is -5.26. The number of carbonyl (C=O) groups is 6. The SMILES string of the molecule is CSCC[C@H](NC(=O)[C@@H]1CCCN1C(=O)[C@@H](NC(=O)[C@H](CC(F)P(=O)(O)O)NC(=O)CN)C(C)C)C(=O)N[C@@H](CC(C)C)C(=O)O. The maximum atomic E-state index is 14.2. The van der Waals surface area contributed by atoms with Gasteiger partial charge in [0.05, 0.1) is 6.54 Å². The van der Waals surface area contributed by atoms with E-state index in [2.05, 4.69) is 21.3 Å². The average molecular weight is 699 g/mol. The van der Waals surface area contributed by atoms with Crippen LogP contribution in [0, 0.1) is 11.8 Å². The average Bonchev–Trinajstić information content (AvgIpc) is 3.45. The molecule has 5 amide bonds. The molecule has 1 rings (SSSR count). The fourth-order valence-corrected chi connectivity index (χ4v) is 5.76. The van der Waals surface area contributed by atoms with Crippen molar-refractivity contribution in [1.29, 1.82) is 0 Å². The Kier molecular flexibility index (Phi) is 17.2. The molecule has 1 saturated heterocycles. The molecule has 264 valence electrons. The van der Waals surface area contributed by atoms with Gasteiger partial charge in [0.1, 0.15) is 30.2 Å². The van der Waals surface area contributed by atoms with Gasteiger partial charge in [-0.1, -0.05) is 27.7 Å². The molecule has 0 spiro atoms. The molecule has 0 radical (unpaired) electrons. The predicted molar refractivity (Wildman–Crippen MR) is 168 cm³/mol. The minimum atomic E-state index is -5.26. The molecule has 6 atom stereocenters. The van der Waals surface area contributed by atoms with Gasteiger partial charge < -0.3 is 46.8 Å². The van der Waals surface area contributed by atoms with Crippen LogP contribution < -0.4 is 27.0 Å². The first kappa shape index (κ1) is 41.2. The smallest absolute Gasteiger partial charge is 0.359 e. The Bertz CT molecular complexity index is 1140. The molecule has 1 fully saturated rings. The second-order valence-electron chi connectivity index (χ2n) is 11.9. The highest BCUT2D eigenvalue weighted by atomic mass is 32.2. The molecule has 1 unspecified atom stereocenters.